The van der Waals surface area contributed by atoms with Gasteiger partial charge in [-0.2, -0.15) is 5.26 Å². The van der Waals surface area contributed by atoms with E-state index in [4.69, 9.17) is 0 Å². The van der Waals surface area contributed by atoms with Crippen molar-refractivity contribution in [3.05, 3.63) is 44.8 Å². The number of thioether (sulfide) groups is 1. The van der Waals surface area contributed by atoms with Crippen LogP contribution in [-0.4, -0.2) is 58.5 Å². The van der Waals surface area contributed by atoms with Crippen LogP contribution >= 0.6 is 23.1 Å². The second-order valence-electron chi connectivity index (χ2n) is 7.25. The normalized spacial score (nSPS) is 15.9. The van der Waals surface area contributed by atoms with Crippen molar-refractivity contribution >= 4 is 34.9 Å². The highest BCUT2D eigenvalue weighted by molar-refractivity contribution is 8.00. The number of fused-ring (bicyclic) bond motifs is 1. The number of amides is 2. The summed E-state index contributed by atoms with van der Waals surface area (Å²) in [6.07, 6.45) is 3.01. The highest BCUT2D eigenvalue weighted by atomic mass is 32.2. The van der Waals surface area contributed by atoms with Crippen LogP contribution < -0.4 is 0 Å². The van der Waals surface area contributed by atoms with Crippen molar-refractivity contribution in [2.75, 3.05) is 31.9 Å². The number of thiophene rings is 1. The summed E-state index contributed by atoms with van der Waals surface area (Å²) in [7, 11) is 0. The Hall–Kier alpha value is -2.37. The van der Waals surface area contributed by atoms with Gasteiger partial charge in [0.2, 0.25) is 5.91 Å². The quantitative estimate of drug-likeness (QED) is 0.703. The van der Waals surface area contributed by atoms with Gasteiger partial charge in [0.05, 0.1) is 16.2 Å². The molecule has 2 aromatic rings. The van der Waals surface area contributed by atoms with E-state index in [1.54, 1.807) is 4.90 Å². The molecule has 0 saturated carbocycles. The Labute approximate surface area is 178 Å². The molecule has 2 aliphatic rings. The topological polar surface area (TPSA) is 77.3 Å². The molecule has 1 saturated heterocycles. The number of hydrogen-bond donors (Lipinski definition) is 0. The van der Waals surface area contributed by atoms with Gasteiger partial charge in [-0.3, -0.25) is 9.59 Å². The number of nitrogens with zero attached hydrogens (tertiary/aromatic N) is 4. The van der Waals surface area contributed by atoms with Crippen LogP contribution in [0.4, 0.5) is 0 Å². The van der Waals surface area contributed by atoms with Gasteiger partial charge in [-0.15, -0.1) is 11.3 Å². The molecule has 4 rings (SSSR count). The minimum Gasteiger partial charge on any atom is -0.338 e. The lowest BCUT2D eigenvalue weighted by Gasteiger charge is -2.34. The molecule has 2 aromatic heterocycles. The Morgan fingerprint density at radius 1 is 1.24 bits per heavy atom. The minimum atomic E-state index is 0.0297. The Bertz CT molecular complexity index is 974. The molecule has 8 heteroatoms. The highest BCUT2D eigenvalue weighted by Gasteiger charge is 2.26. The maximum Gasteiger partial charge on any atom is 0.264 e. The molecule has 3 heterocycles. The molecule has 150 valence electrons. The van der Waals surface area contributed by atoms with Crippen molar-refractivity contribution in [1.82, 2.24) is 14.8 Å². The first kappa shape index (κ1) is 19.9. The summed E-state index contributed by atoms with van der Waals surface area (Å²) in [6.45, 7) is 4.16. The predicted octanol–water partition coefficient (Wildman–Crippen LogP) is 2.89. The lowest BCUT2D eigenvalue weighted by molar-refractivity contribution is -0.129. The monoisotopic (exact) mass is 426 g/mol. The van der Waals surface area contributed by atoms with Gasteiger partial charge in [-0.25, -0.2) is 4.98 Å². The number of aromatic nitrogens is 1. The van der Waals surface area contributed by atoms with Crippen LogP contribution in [0.1, 0.15) is 38.5 Å². The zero-order valence-corrected chi connectivity index (χ0v) is 17.9. The molecule has 0 radical (unpaired) electrons. The highest BCUT2D eigenvalue weighted by Crippen LogP contribution is 2.31. The maximum atomic E-state index is 12.7. The fraction of sp³-hybridized carbons (Fsp3) is 0.429. The number of pyridine rings is 1. The summed E-state index contributed by atoms with van der Waals surface area (Å²) in [5, 5.41) is 12.1. The zero-order chi connectivity index (χ0) is 20.4. The van der Waals surface area contributed by atoms with Gasteiger partial charge in [0.15, 0.2) is 0 Å². The van der Waals surface area contributed by atoms with Crippen molar-refractivity contribution in [2.45, 2.75) is 31.2 Å². The third-order valence-electron chi connectivity index (χ3n) is 5.56. The summed E-state index contributed by atoms with van der Waals surface area (Å²) in [4.78, 5) is 34.2. The number of carbonyl (C=O) groups is 2. The molecule has 1 aliphatic heterocycles. The summed E-state index contributed by atoms with van der Waals surface area (Å²) in [5.41, 5.74) is 3.92. The van der Waals surface area contributed by atoms with E-state index in [2.05, 4.69) is 11.1 Å². The molecule has 6 nitrogen and oxygen atoms in total. The Balaban J connectivity index is 1.35. The van der Waals surface area contributed by atoms with E-state index in [1.165, 1.54) is 28.7 Å². The van der Waals surface area contributed by atoms with Crippen molar-refractivity contribution < 1.29 is 9.59 Å². The van der Waals surface area contributed by atoms with E-state index < -0.39 is 0 Å². The van der Waals surface area contributed by atoms with Gasteiger partial charge in [0.1, 0.15) is 11.1 Å². The molecule has 29 heavy (non-hydrogen) atoms. The number of carbonyl (C=O) groups excluding carboxylic acids is 2. The molecule has 1 aliphatic carbocycles. The number of piperazine rings is 1. The van der Waals surface area contributed by atoms with Gasteiger partial charge >= 0.3 is 0 Å². The van der Waals surface area contributed by atoms with E-state index in [-0.39, 0.29) is 17.6 Å². The smallest absolute Gasteiger partial charge is 0.264 e. The Kier molecular flexibility index (Phi) is 5.88. The Morgan fingerprint density at radius 2 is 2.00 bits per heavy atom. The van der Waals surface area contributed by atoms with Crippen LogP contribution in [0.3, 0.4) is 0 Å². The third kappa shape index (κ3) is 4.02. The molecule has 0 aromatic carbocycles. The molecular formula is C21H22N4O2S2. The molecule has 0 bridgehead atoms. The lowest BCUT2D eigenvalue weighted by atomic mass is 10.0. The van der Waals surface area contributed by atoms with Crippen LogP contribution in [0.2, 0.25) is 0 Å². The Morgan fingerprint density at radius 3 is 2.69 bits per heavy atom. The van der Waals surface area contributed by atoms with Crippen LogP contribution in [0.15, 0.2) is 22.5 Å². The van der Waals surface area contributed by atoms with Crippen molar-refractivity contribution in [3.63, 3.8) is 0 Å². The van der Waals surface area contributed by atoms with Crippen molar-refractivity contribution in [1.29, 1.82) is 5.26 Å². The van der Waals surface area contributed by atoms with E-state index in [9.17, 15) is 14.9 Å². The van der Waals surface area contributed by atoms with Crippen LogP contribution in [0.5, 0.6) is 0 Å². The number of nitriles is 1. The first-order valence-electron chi connectivity index (χ1n) is 9.74. The van der Waals surface area contributed by atoms with Gasteiger partial charge in [-0.05, 0) is 48.8 Å². The van der Waals surface area contributed by atoms with Gasteiger partial charge in [0, 0.05) is 31.9 Å². The first-order valence-corrected chi connectivity index (χ1v) is 11.6. The largest absolute Gasteiger partial charge is 0.338 e. The van der Waals surface area contributed by atoms with Crippen LogP contribution in [-0.2, 0) is 17.6 Å². The average molecular weight is 427 g/mol. The summed E-state index contributed by atoms with van der Waals surface area (Å²) in [5.74, 6) is 0.332. The first-order chi connectivity index (χ1) is 14.1. The molecule has 0 spiro atoms. The maximum absolute atomic E-state index is 12.7. The van der Waals surface area contributed by atoms with Gasteiger partial charge < -0.3 is 9.80 Å². The molecular weight excluding hydrogens is 404 g/mol. The van der Waals surface area contributed by atoms with E-state index in [1.807, 2.05) is 29.3 Å². The SMILES string of the molecule is Cc1c(C#N)c(SCC(=O)N2CCN(C(=O)c3cccs3)CC2)nc2c1CCC2. The molecule has 1 fully saturated rings. The van der Waals surface area contributed by atoms with Gasteiger partial charge in [0.25, 0.3) is 5.91 Å². The van der Waals surface area contributed by atoms with E-state index in [0.29, 0.717) is 36.8 Å². The van der Waals surface area contributed by atoms with E-state index >= 15 is 0 Å². The zero-order valence-electron chi connectivity index (χ0n) is 16.3. The van der Waals surface area contributed by atoms with E-state index in [0.717, 1.165) is 35.4 Å². The number of rotatable bonds is 4. The molecule has 0 N–H and O–H groups in total. The number of hydrogen-bond acceptors (Lipinski definition) is 6. The predicted molar refractivity (Wildman–Crippen MR) is 113 cm³/mol. The fourth-order valence-electron chi connectivity index (χ4n) is 3.92. The third-order valence-corrected chi connectivity index (χ3v) is 7.38. The minimum absolute atomic E-state index is 0.0297. The van der Waals surface area contributed by atoms with Crippen LogP contribution in [0, 0.1) is 18.3 Å². The van der Waals surface area contributed by atoms with Gasteiger partial charge in [-0.1, -0.05) is 17.8 Å². The average Bonchev–Trinajstić information content (AvgIpc) is 3.44. The second kappa shape index (κ2) is 8.56. The lowest BCUT2D eigenvalue weighted by Crippen LogP contribution is -2.51. The second-order valence-corrected chi connectivity index (χ2v) is 9.16. The fourth-order valence-corrected chi connectivity index (χ4v) is 5.57. The number of aryl methyl sites for hydroxylation is 1. The molecule has 2 amide bonds. The van der Waals surface area contributed by atoms with Crippen molar-refractivity contribution in [3.8, 4) is 6.07 Å². The standard InChI is InChI=1S/C21H22N4O2S2/c1-14-15-4-2-5-17(15)23-20(16(14)12-22)29-13-19(26)24-7-9-25(10-8-24)21(27)18-6-3-11-28-18/h3,6,11H,2,4-5,7-10,13H2,1H3. The summed E-state index contributed by atoms with van der Waals surface area (Å²) in [6, 6.07) is 5.98. The molecule has 0 atom stereocenters. The molecule has 0 unspecified atom stereocenters. The van der Waals surface area contributed by atoms with Crippen LogP contribution in [0.25, 0.3) is 0 Å². The summed E-state index contributed by atoms with van der Waals surface area (Å²) < 4.78 is 0. The van der Waals surface area contributed by atoms with Crippen molar-refractivity contribution in [2.24, 2.45) is 0 Å². The summed E-state index contributed by atoms with van der Waals surface area (Å²) >= 11 is 2.80.